The van der Waals surface area contributed by atoms with Gasteiger partial charge in [-0.15, -0.1) is 0 Å². The third-order valence-electron chi connectivity index (χ3n) is 3.23. The molecule has 22 heavy (non-hydrogen) atoms. The maximum Gasteiger partial charge on any atom is 0.251 e. The highest BCUT2D eigenvalue weighted by Crippen LogP contribution is 2.18. The summed E-state index contributed by atoms with van der Waals surface area (Å²) in [4.78, 5) is 20.1. The first-order chi connectivity index (χ1) is 10.7. The fourth-order valence-corrected chi connectivity index (χ4v) is 2.10. The Morgan fingerprint density at radius 2 is 1.95 bits per heavy atom. The van der Waals surface area contributed by atoms with Crippen molar-refractivity contribution in [2.75, 3.05) is 0 Å². The Morgan fingerprint density at radius 1 is 1.14 bits per heavy atom. The minimum absolute atomic E-state index is 0.130. The third-order valence-corrected chi connectivity index (χ3v) is 3.23. The van der Waals surface area contributed by atoms with Gasteiger partial charge in [0.25, 0.3) is 5.91 Å². The molecular formula is C16H15N5O. The molecule has 0 saturated heterocycles. The molecule has 3 heterocycles. The first-order valence-corrected chi connectivity index (χ1v) is 6.83. The van der Waals surface area contributed by atoms with Gasteiger partial charge in [0.05, 0.1) is 6.20 Å². The molecule has 1 amide bonds. The summed E-state index contributed by atoms with van der Waals surface area (Å²) < 4.78 is 1.74. The van der Waals surface area contributed by atoms with Crippen LogP contribution in [0.4, 0.5) is 0 Å². The van der Waals surface area contributed by atoms with E-state index < -0.39 is 0 Å². The zero-order chi connectivity index (χ0) is 15.4. The predicted octanol–water partition coefficient (Wildman–Crippen LogP) is 1.81. The van der Waals surface area contributed by atoms with Gasteiger partial charge in [0.2, 0.25) is 0 Å². The summed E-state index contributed by atoms with van der Waals surface area (Å²) in [5.74, 6) is -0.130. The van der Waals surface area contributed by atoms with Gasteiger partial charge in [-0.2, -0.15) is 5.10 Å². The van der Waals surface area contributed by atoms with Gasteiger partial charge in [0, 0.05) is 61.3 Å². The molecule has 0 aliphatic rings. The number of carbonyl (C=O) groups is 1. The van der Waals surface area contributed by atoms with Crippen molar-refractivity contribution in [1.29, 1.82) is 0 Å². The third kappa shape index (κ3) is 3.17. The van der Waals surface area contributed by atoms with E-state index in [9.17, 15) is 4.79 Å². The fourth-order valence-electron chi connectivity index (χ4n) is 2.10. The highest BCUT2D eigenvalue weighted by molar-refractivity contribution is 5.93. The van der Waals surface area contributed by atoms with Gasteiger partial charge in [-0.25, -0.2) is 0 Å². The number of pyridine rings is 2. The Bertz CT molecular complexity index is 782. The molecule has 1 N–H and O–H groups in total. The van der Waals surface area contributed by atoms with Crippen LogP contribution in [-0.2, 0) is 13.6 Å². The van der Waals surface area contributed by atoms with Crippen molar-refractivity contribution in [3.8, 4) is 11.1 Å². The number of nitrogens with zero attached hydrogens (tertiary/aromatic N) is 4. The second kappa shape index (κ2) is 6.17. The molecule has 0 saturated carbocycles. The summed E-state index contributed by atoms with van der Waals surface area (Å²) in [6, 6.07) is 5.36. The number of rotatable bonds is 4. The van der Waals surface area contributed by atoms with Crippen molar-refractivity contribution in [2.24, 2.45) is 7.05 Å². The van der Waals surface area contributed by atoms with Crippen LogP contribution in [0.15, 0.2) is 55.4 Å². The van der Waals surface area contributed by atoms with Crippen LogP contribution in [0.5, 0.6) is 0 Å². The first-order valence-electron chi connectivity index (χ1n) is 6.83. The molecule has 6 heteroatoms. The minimum atomic E-state index is -0.130. The predicted molar refractivity (Wildman–Crippen MR) is 81.8 cm³/mol. The van der Waals surface area contributed by atoms with Crippen molar-refractivity contribution < 1.29 is 4.79 Å². The SMILES string of the molecule is Cn1cc(-c2cncc(CNC(=O)c3ccncc3)c2)cn1. The van der Waals surface area contributed by atoms with Crippen molar-refractivity contribution in [3.05, 3.63) is 66.5 Å². The number of hydrogen-bond donors (Lipinski definition) is 1. The molecule has 0 atom stereocenters. The summed E-state index contributed by atoms with van der Waals surface area (Å²) in [6.45, 7) is 0.419. The van der Waals surface area contributed by atoms with Gasteiger partial charge in [-0.3, -0.25) is 19.4 Å². The van der Waals surface area contributed by atoms with Crippen molar-refractivity contribution in [3.63, 3.8) is 0 Å². The molecule has 0 aliphatic carbocycles. The van der Waals surface area contributed by atoms with Gasteiger partial charge < -0.3 is 5.32 Å². The molecule has 0 fully saturated rings. The molecule has 0 unspecified atom stereocenters. The van der Waals surface area contributed by atoms with Gasteiger partial charge in [0.1, 0.15) is 0 Å². The average Bonchev–Trinajstić information content (AvgIpc) is 3.00. The average molecular weight is 293 g/mol. The molecule has 6 nitrogen and oxygen atoms in total. The van der Waals surface area contributed by atoms with E-state index in [-0.39, 0.29) is 5.91 Å². The molecule has 3 aromatic rings. The van der Waals surface area contributed by atoms with Crippen LogP contribution in [0.3, 0.4) is 0 Å². The molecule has 0 aromatic carbocycles. The summed E-state index contributed by atoms with van der Waals surface area (Å²) in [5.41, 5.74) is 3.50. The Morgan fingerprint density at radius 3 is 2.68 bits per heavy atom. The van der Waals surface area contributed by atoms with Crippen LogP contribution in [0.2, 0.25) is 0 Å². The number of aromatic nitrogens is 4. The monoisotopic (exact) mass is 293 g/mol. The van der Waals surface area contributed by atoms with Crippen LogP contribution in [0.25, 0.3) is 11.1 Å². The lowest BCUT2D eigenvalue weighted by molar-refractivity contribution is 0.0951. The van der Waals surface area contributed by atoms with E-state index in [1.54, 1.807) is 47.8 Å². The zero-order valence-electron chi connectivity index (χ0n) is 12.1. The zero-order valence-corrected chi connectivity index (χ0v) is 12.1. The molecule has 0 spiro atoms. The van der Waals surface area contributed by atoms with E-state index in [1.165, 1.54) is 0 Å². The number of amides is 1. The normalized spacial score (nSPS) is 10.4. The van der Waals surface area contributed by atoms with Crippen molar-refractivity contribution in [1.82, 2.24) is 25.1 Å². The number of nitrogens with one attached hydrogen (secondary N) is 1. The highest BCUT2D eigenvalue weighted by atomic mass is 16.1. The fraction of sp³-hybridized carbons (Fsp3) is 0.125. The minimum Gasteiger partial charge on any atom is -0.348 e. The summed E-state index contributed by atoms with van der Waals surface area (Å²) in [7, 11) is 1.87. The molecule has 0 bridgehead atoms. The number of aryl methyl sites for hydroxylation is 1. The van der Waals surface area contributed by atoms with Gasteiger partial charge in [-0.05, 0) is 23.8 Å². The van der Waals surface area contributed by atoms with E-state index in [0.29, 0.717) is 12.1 Å². The smallest absolute Gasteiger partial charge is 0.251 e. The second-order valence-corrected chi connectivity index (χ2v) is 4.90. The Kier molecular flexibility index (Phi) is 3.91. The summed E-state index contributed by atoms with van der Waals surface area (Å²) in [6.07, 6.45) is 10.4. The Labute approximate surface area is 127 Å². The lowest BCUT2D eigenvalue weighted by atomic mass is 10.1. The van der Waals surface area contributed by atoms with Crippen molar-refractivity contribution in [2.45, 2.75) is 6.54 Å². The van der Waals surface area contributed by atoms with E-state index in [4.69, 9.17) is 0 Å². The van der Waals surface area contributed by atoms with E-state index in [2.05, 4.69) is 20.4 Å². The molecule has 3 aromatic heterocycles. The standard InChI is InChI=1S/C16H15N5O/c1-21-11-15(10-20-21)14-6-12(7-18-9-14)8-19-16(22)13-2-4-17-5-3-13/h2-7,9-11H,8H2,1H3,(H,19,22). The van der Waals surface area contributed by atoms with Gasteiger partial charge >= 0.3 is 0 Å². The maximum atomic E-state index is 12.0. The second-order valence-electron chi connectivity index (χ2n) is 4.90. The van der Waals surface area contributed by atoms with Gasteiger partial charge in [0.15, 0.2) is 0 Å². The van der Waals surface area contributed by atoms with E-state index in [0.717, 1.165) is 16.7 Å². The lowest BCUT2D eigenvalue weighted by Gasteiger charge is -2.06. The molecule has 3 rings (SSSR count). The lowest BCUT2D eigenvalue weighted by Crippen LogP contribution is -2.22. The Balaban J connectivity index is 1.70. The molecular weight excluding hydrogens is 278 g/mol. The topological polar surface area (TPSA) is 72.7 Å². The van der Waals surface area contributed by atoms with E-state index in [1.807, 2.05) is 19.3 Å². The van der Waals surface area contributed by atoms with Crippen LogP contribution in [0, 0.1) is 0 Å². The first kappa shape index (κ1) is 13.9. The number of carbonyl (C=O) groups excluding carboxylic acids is 1. The van der Waals surface area contributed by atoms with Crippen LogP contribution < -0.4 is 5.32 Å². The summed E-state index contributed by atoms with van der Waals surface area (Å²) in [5, 5.41) is 7.02. The number of hydrogen-bond acceptors (Lipinski definition) is 4. The largest absolute Gasteiger partial charge is 0.348 e. The van der Waals surface area contributed by atoms with Crippen LogP contribution in [0.1, 0.15) is 15.9 Å². The Hall–Kier alpha value is -3.02. The van der Waals surface area contributed by atoms with Gasteiger partial charge in [-0.1, -0.05) is 0 Å². The van der Waals surface area contributed by atoms with Crippen LogP contribution in [-0.4, -0.2) is 25.7 Å². The maximum absolute atomic E-state index is 12.0. The van der Waals surface area contributed by atoms with E-state index >= 15 is 0 Å². The molecule has 110 valence electrons. The molecule has 0 radical (unpaired) electrons. The molecule has 0 aliphatic heterocycles. The van der Waals surface area contributed by atoms with Crippen molar-refractivity contribution >= 4 is 5.91 Å². The highest BCUT2D eigenvalue weighted by Gasteiger charge is 2.06. The van der Waals surface area contributed by atoms with Crippen LogP contribution >= 0.6 is 0 Å². The quantitative estimate of drug-likeness (QED) is 0.796. The summed E-state index contributed by atoms with van der Waals surface area (Å²) >= 11 is 0.